The minimum atomic E-state index is 0.621. The maximum atomic E-state index is 4.24. The molecule has 0 atom stereocenters. The number of hydrogen-bond donors (Lipinski definition) is 0. The normalized spacial score (nSPS) is 10.3. The second-order valence-electron chi connectivity index (χ2n) is 2.73. The molecular weight excluding hydrogens is 230 g/mol. The molecule has 0 aromatic carbocycles. The summed E-state index contributed by atoms with van der Waals surface area (Å²) in [6, 6.07) is 5.86. The van der Waals surface area contributed by atoms with Gasteiger partial charge in [-0.1, -0.05) is 0 Å². The van der Waals surface area contributed by atoms with Crippen LogP contribution in [0.4, 0.5) is 0 Å². The molecule has 0 amide bonds. The van der Waals surface area contributed by atoms with Crippen LogP contribution in [-0.2, 0) is 0 Å². The predicted molar refractivity (Wildman–Crippen MR) is 53.8 cm³/mol. The summed E-state index contributed by atoms with van der Waals surface area (Å²) in [5.74, 6) is 0.879. The minimum absolute atomic E-state index is 0.621. The zero-order valence-electron chi connectivity index (χ0n) is 7.11. The van der Waals surface area contributed by atoms with Crippen LogP contribution in [0.1, 0.15) is 5.69 Å². The van der Waals surface area contributed by atoms with Crippen LogP contribution >= 0.6 is 15.9 Å². The van der Waals surface area contributed by atoms with Gasteiger partial charge in [-0.2, -0.15) is 0 Å². The third kappa shape index (κ3) is 1.78. The van der Waals surface area contributed by atoms with Crippen molar-refractivity contribution in [3.8, 4) is 5.82 Å². The van der Waals surface area contributed by atoms with Crippen LogP contribution in [0.15, 0.2) is 35.3 Å². The van der Waals surface area contributed by atoms with E-state index in [1.165, 1.54) is 0 Å². The Morgan fingerprint density at radius 2 is 1.92 bits per heavy atom. The average molecular weight is 238 g/mol. The Hall–Kier alpha value is -1.16. The number of aromatic nitrogens is 3. The number of aryl methyl sites for hydroxylation is 1. The van der Waals surface area contributed by atoms with E-state index in [0.29, 0.717) is 4.73 Å². The van der Waals surface area contributed by atoms with Crippen molar-refractivity contribution in [2.24, 2.45) is 0 Å². The van der Waals surface area contributed by atoms with E-state index in [9.17, 15) is 0 Å². The first-order valence-electron chi connectivity index (χ1n) is 3.90. The highest BCUT2D eigenvalue weighted by atomic mass is 79.9. The van der Waals surface area contributed by atoms with Crippen LogP contribution in [0.5, 0.6) is 0 Å². The van der Waals surface area contributed by atoms with Gasteiger partial charge < -0.3 is 4.57 Å². The van der Waals surface area contributed by atoms with Gasteiger partial charge in [-0.3, -0.25) is 0 Å². The summed E-state index contributed by atoms with van der Waals surface area (Å²) in [6.07, 6.45) is 3.91. The molecule has 0 N–H and O–H groups in total. The summed E-state index contributed by atoms with van der Waals surface area (Å²) in [4.78, 5) is 8.38. The molecule has 0 aliphatic heterocycles. The van der Waals surface area contributed by atoms with Crippen LogP contribution in [0.3, 0.4) is 0 Å². The Bertz CT molecular complexity index is 389. The Balaban J connectivity index is 2.53. The standard InChI is InChI=1S/C9H8BrN3/c1-7-6-8(12-9(10)11-7)13-4-2-3-5-13/h2-6H,1H3. The van der Waals surface area contributed by atoms with Gasteiger partial charge >= 0.3 is 0 Å². The molecule has 0 bridgehead atoms. The first-order chi connectivity index (χ1) is 6.25. The molecule has 0 radical (unpaired) electrons. The number of hydrogen-bond acceptors (Lipinski definition) is 2. The molecule has 0 fully saturated rings. The lowest BCUT2D eigenvalue weighted by Gasteiger charge is -2.02. The lowest BCUT2D eigenvalue weighted by atomic mass is 10.4. The molecule has 3 nitrogen and oxygen atoms in total. The number of rotatable bonds is 1. The molecule has 13 heavy (non-hydrogen) atoms. The molecule has 0 saturated carbocycles. The fraction of sp³-hybridized carbons (Fsp3) is 0.111. The second kappa shape index (κ2) is 3.30. The van der Waals surface area contributed by atoms with Crippen molar-refractivity contribution in [2.45, 2.75) is 6.92 Å². The Labute approximate surface area is 84.6 Å². The third-order valence-corrected chi connectivity index (χ3v) is 2.04. The minimum Gasteiger partial charge on any atom is -0.309 e. The zero-order valence-corrected chi connectivity index (χ0v) is 8.69. The Kier molecular flexibility index (Phi) is 2.14. The maximum Gasteiger partial charge on any atom is 0.198 e. The monoisotopic (exact) mass is 237 g/mol. The van der Waals surface area contributed by atoms with E-state index >= 15 is 0 Å². The number of nitrogens with zero attached hydrogens (tertiary/aromatic N) is 3. The van der Waals surface area contributed by atoms with E-state index in [2.05, 4.69) is 25.9 Å². The fourth-order valence-electron chi connectivity index (χ4n) is 1.14. The largest absolute Gasteiger partial charge is 0.309 e. The average Bonchev–Trinajstić information content (AvgIpc) is 2.53. The van der Waals surface area contributed by atoms with Crippen molar-refractivity contribution >= 4 is 15.9 Å². The molecule has 2 aromatic rings. The SMILES string of the molecule is Cc1cc(-n2cccc2)nc(Br)n1. The topological polar surface area (TPSA) is 30.7 Å². The van der Waals surface area contributed by atoms with Gasteiger partial charge in [-0.25, -0.2) is 9.97 Å². The molecule has 0 saturated heterocycles. The molecule has 2 rings (SSSR count). The quantitative estimate of drug-likeness (QED) is 0.714. The van der Waals surface area contributed by atoms with Gasteiger partial charge in [0.15, 0.2) is 4.73 Å². The highest BCUT2D eigenvalue weighted by Gasteiger charge is 1.99. The van der Waals surface area contributed by atoms with Gasteiger partial charge in [0, 0.05) is 24.2 Å². The van der Waals surface area contributed by atoms with Gasteiger partial charge in [-0.15, -0.1) is 0 Å². The summed E-state index contributed by atoms with van der Waals surface area (Å²) in [5, 5.41) is 0. The van der Waals surface area contributed by atoms with Crippen molar-refractivity contribution < 1.29 is 0 Å². The van der Waals surface area contributed by atoms with Crippen molar-refractivity contribution in [3.05, 3.63) is 41.0 Å². The second-order valence-corrected chi connectivity index (χ2v) is 3.44. The molecule has 2 aromatic heterocycles. The Morgan fingerprint density at radius 3 is 2.54 bits per heavy atom. The highest BCUT2D eigenvalue weighted by Crippen LogP contribution is 2.10. The van der Waals surface area contributed by atoms with Crippen molar-refractivity contribution in [3.63, 3.8) is 0 Å². The third-order valence-electron chi connectivity index (χ3n) is 1.68. The molecule has 2 heterocycles. The first kappa shape index (κ1) is 8.44. The summed E-state index contributed by atoms with van der Waals surface area (Å²) in [6.45, 7) is 1.94. The molecule has 0 aliphatic carbocycles. The molecule has 66 valence electrons. The summed E-state index contributed by atoms with van der Waals surface area (Å²) in [5.41, 5.74) is 0.950. The first-order valence-corrected chi connectivity index (χ1v) is 4.69. The maximum absolute atomic E-state index is 4.24. The Morgan fingerprint density at radius 1 is 1.23 bits per heavy atom. The lowest BCUT2D eigenvalue weighted by Crippen LogP contribution is -1.97. The van der Waals surface area contributed by atoms with Crippen LogP contribution in [0.2, 0.25) is 0 Å². The summed E-state index contributed by atoms with van der Waals surface area (Å²) >= 11 is 3.26. The van der Waals surface area contributed by atoms with E-state index in [4.69, 9.17) is 0 Å². The molecule has 4 heteroatoms. The van der Waals surface area contributed by atoms with E-state index in [-0.39, 0.29) is 0 Å². The van der Waals surface area contributed by atoms with Crippen LogP contribution in [0, 0.1) is 6.92 Å². The summed E-state index contributed by atoms with van der Waals surface area (Å²) in [7, 11) is 0. The zero-order chi connectivity index (χ0) is 9.26. The van der Waals surface area contributed by atoms with Gasteiger partial charge in [-0.05, 0) is 35.0 Å². The van der Waals surface area contributed by atoms with Crippen LogP contribution in [-0.4, -0.2) is 14.5 Å². The van der Waals surface area contributed by atoms with E-state index in [0.717, 1.165) is 11.5 Å². The smallest absolute Gasteiger partial charge is 0.198 e. The van der Waals surface area contributed by atoms with Gasteiger partial charge in [0.05, 0.1) is 0 Å². The molecule has 0 aliphatic rings. The fourth-order valence-corrected chi connectivity index (χ4v) is 1.60. The molecule has 0 spiro atoms. The highest BCUT2D eigenvalue weighted by molar-refractivity contribution is 9.10. The van der Waals surface area contributed by atoms with E-state index < -0.39 is 0 Å². The van der Waals surface area contributed by atoms with Crippen molar-refractivity contribution in [2.75, 3.05) is 0 Å². The summed E-state index contributed by atoms with van der Waals surface area (Å²) < 4.78 is 2.57. The predicted octanol–water partition coefficient (Wildman–Crippen LogP) is 2.34. The molecule has 0 unspecified atom stereocenters. The van der Waals surface area contributed by atoms with Gasteiger partial charge in [0.25, 0.3) is 0 Å². The van der Waals surface area contributed by atoms with Gasteiger partial charge in [0.2, 0.25) is 0 Å². The lowest BCUT2D eigenvalue weighted by molar-refractivity contribution is 0.945. The van der Waals surface area contributed by atoms with Gasteiger partial charge in [0.1, 0.15) is 5.82 Å². The van der Waals surface area contributed by atoms with Crippen molar-refractivity contribution in [1.82, 2.24) is 14.5 Å². The van der Waals surface area contributed by atoms with E-state index in [1.807, 2.05) is 42.1 Å². The van der Waals surface area contributed by atoms with Crippen LogP contribution < -0.4 is 0 Å². The van der Waals surface area contributed by atoms with Crippen LogP contribution in [0.25, 0.3) is 5.82 Å². The molecular formula is C9H8BrN3. The van der Waals surface area contributed by atoms with E-state index in [1.54, 1.807) is 0 Å². The van der Waals surface area contributed by atoms with Crippen molar-refractivity contribution in [1.29, 1.82) is 0 Å². The number of halogens is 1.